The first-order valence-electron chi connectivity index (χ1n) is 10.9. The number of hydrogen-bond donors (Lipinski definition) is 5. The second kappa shape index (κ2) is 28.3. The highest BCUT2D eigenvalue weighted by molar-refractivity contribution is 5.73. The Hall–Kier alpha value is -0.950. The first-order chi connectivity index (χ1) is 13.2. The van der Waals surface area contributed by atoms with Crippen LogP contribution < -0.4 is 5.73 Å². The van der Waals surface area contributed by atoms with E-state index in [0.29, 0.717) is 6.42 Å². The van der Waals surface area contributed by atoms with Gasteiger partial charge in [-0.05, 0) is 46.0 Å². The molecule has 1 amide bonds. The van der Waals surface area contributed by atoms with Crippen LogP contribution in [0.3, 0.4) is 0 Å². The summed E-state index contributed by atoms with van der Waals surface area (Å²) in [5.41, 5.74) is 5.10. The van der Waals surface area contributed by atoms with E-state index in [-0.39, 0.29) is 5.91 Å². The minimum absolute atomic E-state index is 0.164. The number of aliphatic hydroxyl groups is 4. The van der Waals surface area contributed by atoms with Crippen molar-refractivity contribution in [2.45, 2.75) is 123 Å². The predicted molar refractivity (Wildman–Crippen MR) is 116 cm³/mol. The average Bonchev–Trinajstić information content (AvgIpc) is 2.57. The van der Waals surface area contributed by atoms with Crippen LogP contribution in [0.1, 0.15) is 111 Å². The molecule has 0 heterocycles. The van der Waals surface area contributed by atoms with Crippen molar-refractivity contribution in [2.75, 3.05) is 0 Å². The molecule has 6 heteroatoms. The van der Waals surface area contributed by atoms with Gasteiger partial charge in [0.15, 0.2) is 0 Å². The summed E-state index contributed by atoms with van der Waals surface area (Å²) in [5.74, 6) is -0.164. The van der Waals surface area contributed by atoms with Crippen molar-refractivity contribution in [3.63, 3.8) is 0 Å². The molecule has 0 aromatic rings. The number of unbranched alkanes of at least 4 members (excludes halogenated alkanes) is 11. The lowest BCUT2D eigenvalue weighted by atomic mass is 10.1. The van der Waals surface area contributed by atoms with Crippen LogP contribution in [-0.4, -0.2) is 38.9 Å². The van der Waals surface area contributed by atoms with Gasteiger partial charge in [0, 0.05) is 6.42 Å². The van der Waals surface area contributed by atoms with E-state index in [9.17, 15) is 4.79 Å². The average molecular weight is 406 g/mol. The smallest absolute Gasteiger partial charge is 0.217 e. The summed E-state index contributed by atoms with van der Waals surface area (Å²) in [7, 11) is 0. The van der Waals surface area contributed by atoms with Gasteiger partial charge in [0.1, 0.15) is 12.6 Å². The zero-order valence-electron chi connectivity index (χ0n) is 18.5. The van der Waals surface area contributed by atoms with Crippen LogP contribution in [0, 0.1) is 0 Å². The third-order valence-electron chi connectivity index (χ3n) is 3.68. The monoisotopic (exact) mass is 405 g/mol. The third kappa shape index (κ3) is 56.2. The van der Waals surface area contributed by atoms with Gasteiger partial charge >= 0.3 is 0 Å². The minimum Gasteiger partial charge on any atom is -0.370 e. The van der Waals surface area contributed by atoms with Crippen LogP contribution in [-0.2, 0) is 4.79 Å². The van der Waals surface area contributed by atoms with Crippen LogP contribution in [0.25, 0.3) is 0 Å². The number of nitrogens with two attached hydrogens (primary N) is 1. The second-order valence-electron chi connectivity index (χ2n) is 7.06. The fourth-order valence-corrected chi connectivity index (χ4v) is 2.37. The fraction of sp³-hybridized carbons (Fsp3) is 0.864. The Morgan fingerprint density at radius 1 is 0.714 bits per heavy atom. The molecule has 28 heavy (non-hydrogen) atoms. The van der Waals surface area contributed by atoms with Crippen molar-refractivity contribution in [3.8, 4) is 0 Å². The zero-order valence-corrected chi connectivity index (χ0v) is 18.5. The van der Waals surface area contributed by atoms with E-state index in [4.69, 9.17) is 26.2 Å². The molecule has 0 spiro atoms. The summed E-state index contributed by atoms with van der Waals surface area (Å²) in [6, 6.07) is 0. The van der Waals surface area contributed by atoms with Gasteiger partial charge in [0.25, 0.3) is 0 Å². The fourth-order valence-electron chi connectivity index (χ4n) is 2.37. The SMILES string of the molecule is CC(O)O.CC(O)O.CCCCCCCC/C=C\CCCCCCCC(N)=O. The molecule has 0 aromatic heterocycles. The number of aliphatic hydroxyl groups excluding tert-OH is 2. The van der Waals surface area contributed by atoms with Crippen LogP contribution in [0.15, 0.2) is 12.2 Å². The molecular weight excluding hydrogens is 358 g/mol. The van der Waals surface area contributed by atoms with Crippen LogP contribution >= 0.6 is 0 Å². The highest BCUT2D eigenvalue weighted by Crippen LogP contribution is 2.09. The van der Waals surface area contributed by atoms with Gasteiger partial charge < -0.3 is 26.2 Å². The van der Waals surface area contributed by atoms with Gasteiger partial charge in [-0.25, -0.2) is 0 Å². The summed E-state index contributed by atoms with van der Waals surface area (Å²) in [5, 5.41) is 30.4. The summed E-state index contributed by atoms with van der Waals surface area (Å²) in [6.45, 7) is 4.82. The predicted octanol–water partition coefficient (Wildman–Crippen LogP) is 4.14. The molecule has 0 bridgehead atoms. The van der Waals surface area contributed by atoms with E-state index in [0.717, 1.165) is 12.8 Å². The summed E-state index contributed by atoms with van der Waals surface area (Å²) in [4.78, 5) is 10.5. The first kappa shape index (κ1) is 31.7. The quantitative estimate of drug-likeness (QED) is 0.159. The maximum Gasteiger partial charge on any atom is 0.217 e. The minimum atomic E-state index is -1.17. The number of primary amides is 1. The lowest BCUT2D eigenvalue weighted by Crippen LogP contribution is -2.09. The number of hydrogen-bond acceptors (Lipinski definition) is 5. The van der Waals surface area contributed by atoms with Crippen LogP contribution in [0.4, 0.5) is 0 Å². The molecule has 0 aliphatic rings. The zero-order chi connectivity index (χ0) is 22.0. The van der Waals surface area contributed by atoms with E-state index in [2.05, 4.69) is 19.1 Å². The molecule has 0 rings (SSSR count). The molecule has 0 radical (unpaired) electrons. The maximum atomic E-state index is 10.5. The van der Waals surface area contributed by atoms with Gasteiger partial charge in [-0.15, -0.1) is 0 Å². The van der Waals surface area contributed by atoms with E-state index >= 15 is 0 Å². The van der Waals surface area contributed by atoms with Crippen molar-refractivity contribution in [2.24, 2.45) is 5.73 Å². The number of carbonyl (C=O) groups is 1. The second-order valence-corrected chi connectivity index (χ2v) is 7.06. The standard InChI is InChI=1S/C18H35NO.2C2H6O2/c1-2-3-4-5-6-7-8-9-10-11-12-13-14-15-16-17-18(19)20;2*1-2(3)4/h9-10H,2-8,11-17H2,1H3,(H2,19,20);2*2-4H,1H3/b10-9-;;. The lowest BCUT2D eigenvalue weighted by molar-refractivity contribution is -0.118. The van der Waals surface area contributed by atoms with Gasteiger partial charge in [-0.1, -0.05) is 70.4 Å². The Morgan fingerprint density at radius 3 is 1.39 bits per heavy atom. The van der Waals surface area contributed by atoms with E-state index in [1.165, 1.54) is 84.5 Å². The molecule has 6 nitrogen and oxygen atoms in total. The maximum absolute atomic E-state index is 10.5. The largest absolute Gasteiger partial charge is 0.370 e. The van der Waals surface area contributed by atoms with E-state index in [1.807, 2.05) is 0 Å². The molecular formula is C22H47NO5. The molecule has 0 atom stereocenters. The molecule has 0 saturated carbocycles. The van der Waals surface area contributed by atoms with Crippen molar-refractivity contribution < 1.29 is 25.2 Å². The Balaban J connectivity index is -0.000000656. The number of amides is 1. The highest BCUT2D eigenvalue weighted by Gasteiger charge is 1.94. The summed E-state index contributed by atoms with van der Waals surface area (Å²) in [6.07, 6.45) is 19.6. The normalized spacial score (nSPS) is 10.6. The van der Waals surface area contributed by atoms with Crippen molar-refractivity contribution in [1.29, 1.82) is 0 Å². The Kier molecular flexibility index (Phi) is 32.0. The van der Waals surface area contributed by atoms with Crippen LogP contribution in [0.5, 0.6) is 0 Å². The third-order valence-corrected chi connectivity index (χ3v) is 3.68. The van der Waals surface area contributed by atoms with Gasteiger partial charge in [0.2, 0.25) is 5.91 Å². The lowest BCUT2D eigenvalue weighted by Gasteiger charge is -1.99. The Bertz CT molecular complexity index is 309. The molecule has 0 aliphatic heterocycles. The van der Waals surface area contributed by atoms with E-state index < -0.39 is 12.6 Å². The molecule has 170 valence electrons. The summed E-state index contributed by atoms with van der Waals surface area (Å²) < 4.78 is 0. The summed E-state index contributed by atoms with van der Waals surface area (Å²) >= 11 is 0. The van der Waals surface area contributed by atoms with E-state index in [1.54, 1.807) is 0 Å². The molecule has 0 fully saturated rings. The first-order valence-corrected chi connectivity index (χ1v) is 10.9. The van der Waals surface area contributed by atoms with Crippen molar-refractivity contribution >= 4 is 5.91 Å². The number of rotatable bonds is 15. The Morgan fingerprint density at radius 2 is 1.04 bits per heavy atom. The van der Waals surface area contributed by atoms with Gasteiger partial charge in [-0.3, -0.25) is 4.79 Å². The van der Waals surface area contributed by atoms with Crippen molar-refractivity contribution in [1.82, 2.24) is 0 Å². The van der Waals surface area contributed by atoms with Crippen molar-refractivity contribution in [3.05, 3.63) is 12.2 Å². The Labute approximate surface area is 172 Å². The van der Waals surface area contributed by atoms with Gasteiger partial charge in [0.05, 0.1) is 0 Å². The highest BCUT2D eigenvalue weighted by atomic mass is 16.5. The molecule has 0 aliphatic carbocycles. The van der Waals surface area contributed by atoms with Gasteiger partial charge in [-0.2, -0.15) is 0 Å². The molecule has 0 saturated heterocycles. The molecule has 6 N–H and O–H groups in total. The van der Waals surface area contributed by atoms with Crippen LogP contribution in [0.2, 0.25) is 0 Å². The number of allylic oxidation sites excluding steroid dienone is 2. The topological polar surface area (TPSA) is 124 Å². The molecule has 0 aromatic carbocycles. The molecule has 0 unspecified atom stereocenters. The number of carbonyl (C=O) groups excluding carboxylic acids is 1.